The van der Waals surface area contributed by atoms with Gasteiger partial charge in [0.15, 0.2) is 0 Å². The van der Waals surface area contributed by atoms with Crippen molar-refractivity contribution in [2.45, 2.75) is 38.5 Å². The second kappa shape index (κ2) is 12.6. The minimum absolute atomic E-state index is 0. The molecule has 0 saturated carbocycles. The van der Waals surface area contributed by atoms with E-state index in [2.05, 4.69) is 11.8 Å². The molecule has 0 aliphatic rings. The van der Waals surface area contributed by atoms with Gasteiger partial charge in [-0.3, -0.25) is 0 Å². The first kappa shape index (κ1) is 13.5. The van der Waals surface area contributed by atoms with Crippen molar-refractivity contribution < 1.29 is 4.28 Å². The molecular weight excluding hydrogens is 239 g/mol. The van der Waals surface area contributed by atoms with Crippen LogP contribution in [0.3, 0.4) is 0 Å². The van der Waals surface area contributed by atoms with Crippen molar-refractivity contribution in [1.82, 2.24) is 0 Å². The Kier molecular flexibility index (Phi) is 15.4. The molecule has 0 aliphatic heterocycles. The van der Waals surface area contributed by atoms with Gasteiger partial charge in [0.05, 0.1) is 0 Å². The van der Waals surface area contributed by atoms with Gasteiger partial charge in [0.2, 0.25) is 0 Å². The first-order valence-corrected chi connectivity index (χ1v) is 3.75. The van der Waals surface area contributed by atoms with E-state index >= 15 is 0 Å². The van der Waals surface area contributed by atoms with Crippen molar-refractivity contribution in [3.05, 3.63) is 6.42 Å². The Labute approximate surface area is 91.6 Å². The molecule has 0 rings (SSSR count). The van der Waals surface area contributed by atoms with E-state index in [0.29, 0.717) is 0 Å². The molecule has 11 heavy (non-hydrogen) atoms. The van der Waals surface area contributed by atoms with Crippen molar-refractivity contribution in [1.29, 1.82) is 0 Å². The zero-order valence-electron chi connectivity index (χ0n) is 6.82. The van der Waals surface area contributed by atoms with Crippen LogP contribution in [0.2, 0.25) is 0 Å². The molecule has 0 N–H and O–H groups in total. The minimum Gasteiger partial charge on any atom is -0.120 e. The van der Waals surface area contributed by atoms with Crippen molar-refractivity contribution in [2.24, 2.45) is 0 Å². The van der Waals surface area contributed by atoms with Gasteiger partial charge in [0.1, 0.15) is 0 Å². The van der Waals surface area contributed by atoms with Gasteiger partial charge in [-0.15, -0.1) is 12.3 Å². The standard InChI is InChI=1S/C10H13.Sn.3H2/c1-3-5-7-9-10-8-6-4-2;;;;/h1H,5-10H2;;3*1H. The average molecular weight is 258 g/mol. The van der Waals surface area contributed by atoms with Crippen LogP contribution in [0.5, 0.6) is 0 Å². The van der Waals surface area contributed by atoms with Crippen LogP contribution in [0.4, 0.5) is 0 Å². The Balaban J connectivity index is -0.0000000675. The molecule has 1 heteroatoms. The van der Waals surface area contributed by atoms with Crippen molar-refractivity contribution >= 4 is 23.9 Å². The van der Waals surface area contributed by atoms with Crippen LogP contribution in [0.15, 0.2) is 0 Å². The van der Waals surface area contributed by atoms with Gasteiger partial charge < -0.3 is 0 Å². The maximum absolute atomic E-state index is 6.64. The molecule has 0 saturated heterocycles. The minimum atomic E-state index is 0. The number of rotatable bonds is 5. The van der Waals surface area contributed by atoms with Crippen LogP contribution < -0.4 is 0 Å². The molecule has 0 spiro atoms. The van der Waals surface area contributed by atoms with E-state index in [1.54, 1.807) is 0 Å². The van der Waals surface area contributed by atoms with E-state index in [1.165, 1.54) is 12.8 Å². The first-order valence-electron chi connectivity index (χ1n) is 3.75. The molecular formula is C10H19Sn. The summed E-state index contributed by atoms with van der Waals surface area (Å²) in [7, 11) is 0. The summed E-state index contributed by atoms with van der Waals surface area (Å²) < 4.78 is 0. The van der Waals surface area contributed by atoms with Gasteiger partial charge in [-0.25, -0.2) is 0 Å². The fourth-order valence-electron chi connectivity index (χ4n) is 0.794. The van der Waals surface area contributed by atoms with Crippen molar-refractivity contribution in [3.63, 3.8) is 0 Å². The summed E-state index contributed by atoms with van der Waals surface area (Å²) >= 11 is 0. The van der Waals surface area contributed by atoms with Gasteiger partial charge in [0, 0.05) is 41.0 Å². The predicted octanol–water partition coefficient (Wildman–Crippen LogP) is 2.91. The van der Waals surface area contributed by atoms with E-state index in [0.717, 1.165) is 25.7 Å². The van der Waals surface area contributed by atoms with Gasteiger partial charge >= 0.3 is 0 Å². The molecule has 0 aromatic heterocycles. The van der Waals surface area contributed by atoms with Crippen LogP contribution in [-0.2, 0) is 0 Å². The first-order chi connectivity index (χ1) is 4.91. The SMILES string of the molecule is [C]#CCCCCCCC#C.[HH].[HH].[HH].[Sn]. The second-order valence-electron chi connectivity index (χ2n) is 2.30. The zero-order valence-corrected chi connectivity index (χ0v) is 9.67. The summed E-state index contributed by atoms with van der Waals surface area (Å²) in [4.78, 5) is 0. The second-order valence-corrected chi connectivity index (χ2v) is 2.30. The predicted molar refractivity (Wildman–Crippen MR) is 55.8 cm³/mol. The Hall–Kier alpha value is -0.0813. The molecule has 0 aromatic carbocycles. The number of hydrogen-bond donors (Lipinski definition) is 0. The van der Waals surface area contributed by atoms with Gasteiger partial charge in [-0.2, -0.15) is 0 Å². The van der Waals surface area contributed by atoms with Crippen molar-refractivity contribution in [3.8, 4) is 18.3 Å². The molecule has 0 aromatic rings. The number of terminal acetylenes is 1. The van der Waals surface area contributed by atoms with E-state index in [4.69, 9.17) is 12.8 Å². The summed E-state index contributed by atoms with van der Waals surface area (Å²) in [5.74, 6) is 4.97. The van der Waals surface area contributed by atoms with Gasteiger partial charge in [0.25, 0.3) is 0 Å². The zero-order chi connectivity index (χ0) is 7.66. The van der Waals surface area contributed by atoms with E-state index in [-0.39, 0.29) is 28.2 Å². The van der Waals surface area contributed by atoms with Gasteiger partial charge in [-0.05, 0) is 19.3 Å². The average Bonchev–Trinajstić information content (AvgIpc) is 1.97. The van der Waals surface area contributed by atoms with Crippen LogP contribution in [0.25, 0.3) is 0 Å². The molecule has 0 atom stereocenters. The molecule has 0 bridgehead atoms. The normalized spacial score (nSPS) is 7.45. The van der Waals surface area contributed by atoms with Crippen LogP contribution in [-0.4, -0.2) is 23.9 Å². The van der Waals surface area contributed by atoms with Gasteiger partial charge in [-0.1, -0.05) is 18.8 Å². The summed E-state index contributed by atoms with van der Waals surface area (Å²) in [5, 5.41) is 0. The van der Waals surface area contributed by atoms with E-state index in [9.17, 15) is 0 Å². The third-order valence-electron chi connectivity index (χ3n) is 1.37. The maximum atomic E-state index is 6.64. The summed E-state index contributed by atoms with van der Waals surface area (Å²) in [5.41, 5.74) is 0. The number of unbranched alkanes of at least 4 members (excludes halogenated alkanes) is 5. The van der Waals surface area contributed by atoms with E-state index < -0.39 is 0 Å². The van der Waals surface area contributed by atoms with Crippen molar-refractivity contribution in [2.75, 3.05) is 0 Å². The Bertz CT molecular complexity index is 128. The molecule has 0 nitrogen and oxygen atoms in total. The fraction of sp³-hybridized carbons (Fsp3) is 0.600. The molecule has 0 heterocycles. The Morgan fingerprint density at radius 1 is 1.09 bits per heavy atom. The quantitative estimate of drug-likeness (QED) is 0.404. The monoisotopic (exact) mass is 259 g/mol. The molecule has 0 aliphatic carbocycles. The number of hydrogen-bond acceptors (Lipinski definition) is 0. The van der Waals surface area contributed by atoms with Crippen LogP contribution in [0.1, 0.15) is 42.8 Å². The molecule has 5 radical (unpaired) electrons. The smallest absolute Gasteiger partial charge is 0.00989 e. The largest absolute Gasteiger partial charge is 0.120 e. The summed E-state index contributed by atoms with van der Waals surface area (Å²) in [6.45, 7) is 0. The molecule has 0 amide bonds. The maximum Gasteiger partial charge on any atom is 0.00989 e. The van der Waals surface area contributed by atoms with Crippen LogP contribution in [0, 0.1) is 24.7 Å². The molecule has 0 unspecified atom stereocenters. The van der Waals surface area contributed by atoms with E-state index in [1.807, 2.05) is 0 Å². The Morgan fingerprint density at radius 2 is 1.64 bits per heavy atom. The molecule has 0 fully saturated rings. The summed E-state index contributed by atoms with van der Waals surface area (Å²) in [6, 6.07) is 0. The van der Waals surface area contributed by atoms with Crippen LogP contribution >= 0.6 is 0 Å². The third kappa shape index (κ3) is 13.0. The summed E-state index contributed by atoms with van der Waals surface area (Å²) in [6.07, 6.45) is 18.0. The Morgan fingerprint density at radius 3 is 2.09 bits per heavy atom. The topological polar surface area (TPSA) is 0 Å². The molecule has 63 valence electrons. The fourth-order valence-corrected chi connectivity index (χ4v) is 0.794. The third-order valence-corrected chi connectivity index (χ3v) is 1.37.